The number of hydrogen-bond acceptors (Lipinski definition) is 6. The Kier molecular flexibility index (Phi) is 18.5. The summed E-state index contributed by atoms with van der Waals surface area (Å²) in [5, 5.41) is 5.45. The van der Waals surface area contributed by atoms with Crippen molar-refractivity contribution in [1.29, 1.82) is 0 Å². The highest BCUT2D eigenvalue weighted by Gasteiger charge is 2.17. The maximum atomic E-state index is 11.9. The summed E-state index contributed by atoms with van der Waals surface area (Å²) >= 11 is 1.28. The van der Waals surface area contributed by atoms with Gasteiger partial charge in [0.05, 0.1) is 5.70 Å². The number of benzene rings is 1. The lowest BCUT2D eigenvalue weighted by atomic mass is 9.93. The van der Waals surface area contributed by atoms with E-state index < -0.39 is 17.6 Å². The predicted octanol–water partition coefficient (Wildman–Crippen LogP) is 7.20. The lowest BCUT2D eigenvalue weighted by molar-refractivity contribution is -0.118. The summed E-state index contributed by atoms with van der Waals surface area (Å²) in [7, 11) is 1.81. The molecule has 0 spiro atoms. The number of ether oxygens (including phenoxy) is 2. The SMILES string of the molecule is C=C(N=C(NC(=O)CNC(=O)OC(C)(C)C)SC)c1cccc(C)c1.CCCC(CCC(C)CC)COC. The van der Waals surface area contributed by atoms with Crippen molar-refractivity contribution in [2.24, 2.45) is 16.8 Å². The van der Waals surface area contributed by atoms with Crippen LogP contribution in [0.5, 0.6) is 0 Å². The van der Waals surface area contributed by atoms with Gasteiger partial charge in [0.2, 0.25) is 5.91 Å². The fraction of sp³-hybridized carbons (Fsp3) is 0.633. The Morgan fingerprint density at radius 3 is 2.37 bits per heavy atom. The average molecular weight is 550 g/mol. The molecule has 0 aliphatic heterocycles. The Labute approximate surface area is 235 Å². The van der Waals surface area contributed by atoms with Gasteiger partial charge in [0.1, 0.15) is 12.1 Å². The van der Waals surface area contributed by atoms with Gasteiger partial charge in [-0.2, -0.15) is 0 Å². The minimum Gasteiger partial charge on any atom is -0.444 e. The molecule has 0 saturated carbocycles. The third kappa shape index (κ3) is 18.0. The second-order valence-electron chi connectivity index (χ2n) is 10.5. The van der Waals surface area contributed by atoms with Crippen molar-refractivity contribution in [3.63, 3.8) is 0 Å². The molecule has 0 aliphatic carbocycles. The molecule has 0 fully saturated rings. The number of carbonyl (C=O) groups excluding carboxylic acids is 2. The lowest BCUT2D eigenvalue weighted by Crippen LogP contribution is -2.41. The second-order valence-corrected chi connectivity index (χ2v) is 11.3. The number of thioether (sulfide) groups is 1. The molecule has 0 aromatic heterocycles. The van der Waals surface area contributed by atoms with Crippen molar-refractivity contribution >= 4 is 34.6 Å². The van der Waals surface area contributed by atoms with Gasteiger partial charge >= 0.3 is 6.09 Å². The number of nitrogens with one attached hydrogen (secondary N) is 2. The first-order valence-electron chi connectivity index (χ1n) is 13.5. The molecule has 0 bridgehead atoms. The smallest absolute Gasteiger partial charge is 0.408 e. The summed E-state index contributed by atoms with van der Waals surface area (Å²) in [6.45, 7) is 18.8. The van der Waals surface area contributed by atoms with Gasteiger partial charge in [-0.25, -0.2) is 9.79 Å². The van der Waals surface area contributed by atoms with Crippen molar-refractivity contribution in [2.45, 2.75) is 86.2 Å². The van der Waals surface area contributed by atoms with E-state index in [1.54, 1.807) is 27.0 Å². The van der Waals surface area contributed by atoms with Gasteiger partial charge in [0.15, 0.2) is 5.17 Å². The van der Waals surface area contributed by atoms with Crippen LogP contribution in [0.25, 0.3) is 5.70 Å². The molecule has 38 heavy (non-hydrogen) atoms. The number of carbonyl (C=O) groups is 2. The molecule has 0 radical (unpaired) electrons. The monoisotopic (exact) mass is 549 g/mol. The minimum atomic E-state index is -0.644. The largest absolute Gasteiger partial charge is 0.444 e. The summed E-state index contributed by atoms with van der Waals surface area (Å²) in [5.74, 6) is 1.29. The number of hydrogen-bond donors (Lipinski definition) is 2. The number of alkyl carbamates (subject to hydrolysis) is 1. The van der Waals surface area contributed by atoms with Crippen LogP contribution in [0, 0.1) is 18.8 Å². The predicted molar refractivity (Wildman–Crippen MR) is 163 cm³/mol. The second kappa shape index (κ2) is 19.7. The van der Waals surface area contributed by atoms with E-state index in [-0.39, 0.29) is 6.54 Å². The molecule has 2 amide bonds. The van der Waals surface area contributed by atoms with Crippen molar-refractivity contribution in [1.82, 2.24) is 10.6 Å². The Bertz CT molecular complexity index is 874. The van der Waals surface area contributed by atoms with E-state index in [4.69, 9.17) is 9.47 Å². The van der Waals surface area contributed by atoms with Crippen LogP contribution in [0.4, 0.5) is 4.79 Å². The normalized spacial score (nSPS) is 13.0. The first-order valence-corrected chi connectivity index (χ1v) is 14.7. The summed E-state index contributed by atoms with van der Waals surface area (Å²) in [6.07, 6.45) is 7.78. The third-order valence-electron chi connectivity index (χ3n) is 5.68. The quantitative estimate of drug-likeness (QED) is 0.213. The molecular formula is C30H51N3O4S. The van der Waals surface area contributed by atoms with E-state index in [2.05, 4.69) is 43.0 Å². The van der Waals surface area contributed by atoms with E-state index in [0.29, 0.717) is 10.9 Å². The van der Waals surface area contributed by atoms with Crippen molar-refractivity contribution in [3.8, 4) is 0 Å². The molecular weight excluding hydrogens is 498 g/mol. The molecule has 1 aromatic rings. The Hall–Kier alpha value is -2.32. The maximum absolute atomic E-state index is 11.9. The number of rotatable bonds is 12. The molecule has 1 rings (SSSR count). The standard InChI is InChI=1S/C18H25N3O3S.C12H26O/c1-12-8-7-9-14(10-12)13(2)20-16(25-6)21-15(22)11-19-17(23)24-18(3,4)5;1-5-7-12(10-13-4)9-8-11(3)6-2/h7-10H,2,11H2,1,3-6H3,(H,19,23)(H,20,21,22);11-12H,5-10H2,1-4H3. The zero-order valence-electron chi connectivity index (χ0n) is 25.1. The molecule has 0 saturated heterocycles. The molecule has 2 atom stereocenters. The molecule has 2 N–H and O–H groups in total. The fourth-order valence-electron chi connectivity index (χ4n) is 3.45. The summed E-state index contributed by atoms with van der Waals surface area (Å²) in [6, 6.07) is 7.78. The number of aryl methyl sites for hydroxylation is 1. The van der Waals surface area contributed by atoms with Crippen LogP contribution < -0.4 is 10.6 Å². The zero-order chi connectivity index (χ0) is 29.1. The minimum absolute atomic E-state index is 0.203. The molecule has 0 aliphatic rings. The molecule has 7 nitrogen and oxygen atoms in total. The molecule has 1 aromatic carbocycles. The zero-order valence-corrected chi connectivity index (χ0v) is 25.9. The summed E-state index contributed by atoms with van der Waals surface area (Å²) < 4.78 is 10.3. The van der Waals surface area contributed by atoms with Crippen LogP contribution in [0.15, 0.2) is 35.8 Å². The average Bonchev–Trinajstić information content (AvgIpc) is 2.85. The van der Waals surface area contributed by atoms with Gasteiger partial charge in [0.25, 0.3) is 0 Å². The Morgan fingerprint density at radius 2 is 1.84 bits per heavy atom. The number of nitrogens with zero attached hydrogens (tertiary/aromatic N) is 1. The van der Waals surface area contributed by atoms with E-state index >= 15 is 0 Å². The lowest BCUT2D eigenvalue weighted by Gasteiger charge is -2.19. The number of amidine groups is 1. The Morgan fingerprint density at radius 1 is 1.16 bits per heavy atom. The molecule has 216 valence electrons. The van der Waals surface area contributed by atoms with Gasteiger partial charge < -0.3 is 20.1 Å². The van der Waals surface area contributed by atoms with Gasteiger partial charge in [-0.3, -0.25) is 4.79 Å². The van der Waals surface area contributed by atoms with E-state index in [1.807, 2.05) is 38.3 Å². The van der Waals surface area contributed by atoms with Crippen molar-refractivity contribution < 1.29 is 19.1 Å². The topological polar surface area (TPSA) is 89.0 Å². The first-order chi connectivity index (χ1) is 17.8. The molecule has 2 unspecified atom stereocenters. The highest BCUT2D eigenvalue weighted by atomic mass is 32.2. The van der Waals surface area contributed by atoms with E-state index in [1.165, 1.54) is 43.9 Å². The van der Waals surface area contributed by atoms with Crippen molar-refractivity contribution in [3.05, 3.63) is 42.0 Å². The van der Waals surface area contributed by atoms with Crippen LogP contribution >= 0.6 is 11.8 Å². The molecule has 0 heterocycles. The van der Waals surface area contributed by atoms with Crippen LogP contribution in [0.3, 0.4) is 0 Å². The van der Waals surface area contributed by atoms with Crippen molar-refractivity contribution in [2.75, 3.05) is 26.5 Å². The fourth-order valence-corrected chi connectivity index (χ4v) is 3.86. The van der Waals surface area contributed by atoms with Gasteiger partial charge in [-0.05, 0) is 70.3 Å². The first kappa shape index (κ1) is 35.7. The van der Waals surface area contributed by atoms with E-state index in [9.17, 15) is 9.59 Å². The molecule has 8 heteroatoms. The van der Waals surface area contributed by atoms with Crippen LogP contribution in [-0.2, 0) is 14.3 Å². The highest BCUT2D eigenvalue weighted by molar-refractivity contribution is 8.13. The van der Waals surface area contributed by atoms with Gasteiger partial charge in [0, 0.05) is 13.7 Å². The van der Waals surface area contributed by atoms with E-state index in [0.717, 1.165) is 29.6 Å². The van der Waals surface area contributed by atoms with Gasteiger partial charge in [-0.15, -0.1) is 0 Å². The number of amides is 2. The Balaban J connectivity index is 0.000000889. The summed E-state index contributed by atoms with van der Waals surface area (Å²) in [4.78, 5) is 27.8. The summed E-state index contributed by atoms with van der Waals surface area (Å²) in [5.41, 5.74) is 1.92. The van der Waals surface area contributed by atoms with Crippen LogP contribution in [0.1, 0.15) is 84.8 Å². The highest BCUT2D eigenvalue weighted by Crippen LogP contribution is 2.19. The van der Waals surface area contributed by atoms with Crippen LogP contribution in [0.2, 0.25) is 0 Å². The van der Waals surface area contributed by atoms with Gasteiger partial charge in [-0.1, -0.05) is 82.1 Å². The maximum Gasteiger partial charge on any atom is 0.408 e. The number of aliphatic imine (C=N–C) groups is 1. The number of methoxy groups -OCH3 is 1. The third-order valence-corrected chi connectivity index (χ3v) is 6.26. The van der Waals surface area contributed by atoms with Crippen LogP contribution in [-0.4, -0.2) is 49.3 Å².